The number of nitrogens with one attached hydrogen (secondary N) is 1. The predicted octanol–water partition coefficient (Wildman–Crippen LogP) is 2.55. The van der Waals surface area contributed by atoms with Gasteiger partial charge in [-0.1, -0.05) is 0 Å². The van der Waals surface area contributed by atoms with Crippen molar-refractivity contribution in [2.24, 2.45) is 0 Å². The molecule has 2 aromatic heterocycles. The standard InChI is InChI=1S/C22H30N6O/c1-17-3-4-18-19(24-17)5-6-20-22(18)25-21(7-10-27-9-2-8-23-27)28(20)12-11-26-13-15-29-16-14-26/h2,5-6,8-9,17,24H,3-4,7,10-16H2,1H3/t17-/m0/s1. The lowest BCUT2D eigenvalue weighted by molar-refractivity contribution is 0.0364. The van der Waals surface area contributed by atoms with Gasteiger partial charge < -0.3 is 14.6 Å². The highest BCUT2D eigenvalue weighted by atomic mass is 16.5. The number of aromatic nitrogens is 4. The van der Waals surface area contributed by atoms with Crippen molar-refractivity contribution in [3.8, 4) is 0 Å². The molecule has 2 aliphatic rings. The normalized spacial score (nSPS) is 20.0. The molecule has 154 valence electrons. The number of anilines is 1. The Morgan fingerprint density at radius 3 is 2.90 bits per heavy atom. The van der Waals surface area contributed by atoms with Crippen LogP contribution >= 0.6 is 0 Å². The molecule has 1 aromatic carbocycles. The minimum Gasteiger partial charge on any atom is -0.382 e. The molecule has 1 N–H and O–H groups in total. The summed E-state index contributed by atoms with van der Waals surface area (Å²) in [6.07, 6.45) is 7.01. The van der Waals surface area contributed by atoms with Gasteiger partial charge in [-0.15, -0.1) is 0 Å². The lowest BCUT2D eigenvalue weighted by atomic mass is 9.98. The zero-order chi connectivity index (χ0) is 19.6. The van der Waals surface area contributed by atoms with E-state index in [9.17, 15) is 0 Å². The van der Waals surface area contributed by atoms with Gasteiger partial charge in [0.2, 0.25) is 0 Å². The Bertz CT molecular complexity index is 958. The molecule has 3 aromatic rings. The van der Waals surface area contributed by atoms with Gasteiger partial charge in [-0.3, -0.25) is 9.58 Å². The van der Waals surface area contributed by atoms with E-state index in [1.807, 2.05) is 23.1 Å². The maximum Gasteiger partial charge on any atom is 0.111 e. The number of aryl methyl sites for hydroxylation is 3. The summed E-state index contributed by atoms with van der Waals surface area (Å²) in [5.74, 6) is 1.16. The van der Waals surface area contributed by atoms with Crippen molar-refractivity contribution in [3.63, 3.8) is 0 Å². The average molecular weight is 395 g/mol. The van der Waals surface area contributed by atoms with Gasteiger partial charge in [0.25, 0.3) is 0 Å². The van der Waals surface area contributed by atoms with Gasteiger partial charge in [0.05, 0.1) is 24.2 Å². The summed E-state index contributed by atoms with van der Waals surface area (Å²) < 4.78 is 9.93. The number of fused-ring (bicyclic) bond motifs is 3. The maximum atomic E-state index is 5.50. The minimum atomic E-state index is 0.530. The van der Waals surface area contributed by atoms with Crippen LogP contribution in [-0.2, 0) is 30.7 Å². The molecule has 0 spiro atoms. The lowest BCUT2D eigenvalue weighted by Crippen LogP contribution is -2.38. The summed E-state index contributed by atoms with van der Waals surface area (Å²) in [5, 5.41) is 7.99. The molecule has 0 saturated carbocycles. The van der Waals surface area contributed by atoms with E-state index in [1.54, 1.807) is 0 Å². The molecule has 4 heterocycles. The second-order valence-corrected chi connectivity index (χ2v) is 8.20. The Balaban J connectivity index is 1.46. The predicted molar refractivity (Wildman–Crippen MR) is 114 cm³/mol. The van der Waals surface area contributed by atoms with E-state index in [0.29, 0.717) is 6.04 Å². The van der Waals surface area contributed by atoms with Crippen molar-refractivity contribution in [1.82, 2.24) is 24.2 Å². The minimum absolute atomic E-state index is 0.530. The molecular weight excluding hydrogens is 364 g/mol. The first-order valence-electron chi connectivity index (χ1n) is 10.8. The molecule has 0 bridgehead atoms. The van der Waals surface area contributed by atoms with E-state index < -0.39 is 0 Å². The van der Waals surface area contributed by atoms with Crippen LogP contribution in [-0.4, -0.2) is 63.1 Å². The molecule has 0 amide bonds. The Hall–Kier alpha value is -2.38. The first kappa shape index (κ1) is 18.6. The molecule has 2 aliphatic heterocycles. The van der Waals surface area contributed by atoms with Crippen molar-refractivity contribution in [2.45, 2.75) is 45.3 Å². The Morgan fingerprint density at radius 2 is 2.07 bits per heavy atom. The van der Waals surface area contributed by atoms with E-state index in [0.717, 1.165) is 71.0 Å². The number of imidazole rings is 1. The Kier molecular flexibility index (Phi) is 5.24. The van der Waals surface area contributed by atoms with Gasteiger partial charge in [-0.05, 0) is 38.0 Å². The SMILES string of the molecule is C[C@H]1CCc2c(ccc3c2nc(CCn2cccn2)n3CCN2CCOCC2)N1. The summed E-state index contributed by atoms with van der Waals surface area (Å²) in [4.78, 5) is 7.65. The summed E-state index contributed by atoms with van der Waals surface area (Å²) >= 11 is 0. The summed E-state index contributed by atoms with van der Waals surface area (Å²) in [5.41, 5.74) is 5.09. The van der Waals surface area contributed by atoms with Crippen LogP contribution in [0.3, 0.4) is 0 Å². The number of hydrogen-bond acceptors (Lipinski definition) is 5. The average Bonchev–Trinajstić information content (AvgIpc) is 3.38. The molecule has 1 fully saturated rings. The lowest BCUT2D eigenvalue weighted by Gasteiger charge is -2.27. The highest BCUT2D eigenvalue weighted by molar-refractivity contribution is 5.86. The van der Waals surface area contributed by atoms with Crippen molar-refractivity contribution in [1.29, 1.82) is 0 Å². The van der Waals surface area contributed by atoms with Gasteiger partial charge in [-0.2, -0.15) is 5.10 Å². The third-order valence-electron chi connectivity index (χ3n) is 6.20. The van der Waals surface area contributed by atoms with Crippen molar-refractivity contribution < 1.29 is 4.74 Å². The Labute approximate surface area is 171 Å². The number of rotatable bonds is 6. The van der Waals surface area contributed by atoms with Crippen molar-refractivity contribution >= 4 is 16.7 Å². The molecule has 0 aliphatic carbocycles. The molecule has 5 rings (SSSR count). The van der Waals surface area contributed by atoms with Crippen molar-refractivity contribution in [3.05, 3.63) is 42.0 Å². The number of nitrogens with zero attached hydrogens (tertiary/aromatic N) is 5. The second kappa shape index (κ2) is 8.16. The highest BCUT2D eigenvalue weighted by Gasteiger charge is 2.21. The quantitative estimate of drug-likeness (QED) is 0.696. The second-order valence-electron chi connectivity index (χ2n) is 8.20. The molecule has 1 saturated heterocycles. The summed E-state index contributed by atoms with van der Waals surface area (Å²) in [6.45, 7) is 8.83. The molecular formula is C22H30N6O. The Morgan fingerprint density at radius 1 is 1.17 bits per heavy atom. The third kappa shape index (κ3) is 3.89. The van der Waals surface area contributed by atoms with Gasteiger partial charge in [0.1, 0.15) is 5.82 Å². The van der Waals surface area contributed by atoms with Crippen LogP contribution in [0.4, 0.5) is 5.69 Å². The van der Waals surface area contributed by atoms with Gasteiger partial charge >= 0.3 is 0 Å². The van der Waals surface area contributed by atoms with Gasteiger partial charge in [0, 0.05) is 68.8 Å². The summed E-state index contributed by atoms with van der Waals surface area (Å²) in [6, 6.07) is 7.01. The third-order valence-corrected chi connectivity index (χ3v) is 6.20. The molecule has 29 heavy (non-hydrogen) atoms. The molecule has 7 heteroatoms. The van der Waals surface area contributed by atoms with Gasteiger partial charge in [0.15, 0.2) is 0 Å². The van der Waals surface area contributed by atoms with Crippen LogP contribution in [0.1, 0.15) is 24.7 Å². The topological polar surface area (TPSA) is 60.1 Å². The fourth-order valence-corrected chi connectivity index (χ4v) is 4.54. The number of benzene rings is 1. The van der Waals surface area contributed by atoms with E-state index in [4.69, 9.17) is 9.72 Å². The van der Waals surface area contributed by atoms with Crippen LogP contribution in [0.2, 0.25) is 0 Å². The van der Waals surface area contributed by atoms with Crippen LogP contribution in [0.5, 0.6) is 0 Å². The molecule has 0 radical (unpaired) electrons. The maximum absolute atomic E-state index is 5.50. The highest BCUT2D eigenvalue weighted by Crippen LogP contribution is 2.32. The van der Waals surface area contributed by atoms with Crippen LogP contribution in [0, 0.1) is 0 Å². The van der Waals surface area contributed by atoms with Crippen molar-refractivity contribution in [2.75, 3.05) is 38.2 Å². The van der Waals surface area contributed by atoms with Crippen LogP contribution in [0.25, 0.3) is 11.0 Å². The fourth-order valence-electron chi connectivity index (χ4n) is 4.54. The van der Waals surface area contributed by atoms with E-state index in [1.165, 1.54) is 22.3 Å². The number of morpholine rings is 1. The zero-order valence-electron chi connectivity index (χ0n) is 17.2. The molecule has 7 nitrogen and oxygen atoms in total. The molecule has 1 atom stereocenters. The fraction of sp³-hybridized carbons (Fsp3) is 0.545. The first-order valence-corrected chi connectivity index (χ1v) is 10.8. The first-order chi connectivity index (χ1) is 14.3. The van der Waals surface area contributed by atoms with E-state index in [-0.39, 0.29) is 0 Å². The largest absolute Gasteiger partial charge is 0.382 e. The van der Waals surface area contributed by atoms with E-state index >= 15 is 0 Å². The van der Waals surface area contributed by atoms with Gasteiger partial charge in [-0.25, -0.2) is 4.98 Å². The summed E-state index contributed by atoms with van der Waals surface area (Å²) in [7, 11) is 0. The van der Waals surface area contributed by atoms with E-state index in [2.05, 4.69) is 38.9 Å². The number of hydrogen-bond donors (Lipinski definition) is 1. The number of ether oxygens (including phenoxy) is 1. The monoisotopic (exact) mass is 394 g/mol. The van der Waals surface area contributed by atoms with Crippen LogP contribution < -0.4 is 5.32 Å². The molecule has 0 unspecified atom stereocenters. The zero-order valence-corrected chi connectivity index (χ0v) is 17.2. The van der Waals surface area contributed by atoms with Crippen LogP contribution in [0.15, 0.2) is 30.6 Å². The smallest absolute Gasteiger partial charge is 0.111 e.